The lowest BCUT2D eigenvalue weighted by atomic mass is 10.0. The molecular formula is C17H21NO4. The van der Waals surface area contributed by atoms with Gasteiger partial charge in [-0.3, -0.25) is 4.79 Å². The fraction of sp³-hybridized carbons (Fsp3) is 0.353. The SMILES string of the molecule is CC(C)Oc1ccc(C(=O)NCC(C)(O)c2ccco2)cc1. The van der Waals surface area contributed by atoms with Gasteiger partial charge in [0.2, 0.25) is 0 Å². The number of ether oxygens (including phenoxy) is 1. The third-order valence-corrected chi connectivity index (χ3v) is 3.13. The topological polar surface area (TPSA) is 71.7 Å². The van der Waals surface area contributed by atoms with Gasteiger partial charge in [0.1, 0.15) is 17.1 Å². The Morgan fingerprint density at radius 2 is 2.00 bits per heavy atom. The molecule has 0 fully saturated rings. The van der Waals surface area contributed by atoms with E-state index in [-0.39, 0.29) is 18.6 Å². The van der Waals surface area contributed by atoms with E-state index in [2.05, 4.69) is 5.32 Å². The summed E-state index contributed by atoms with van der Waals surface area (Å²) in [4.78, 5) is 12.1. The summed E-state index contributed by atoms with van der Waals surface area (Å²) in [5.41, 5.74) is -0.744. The molecule has 22 heavy (non-hydrogen) atoms. The minimum Gasteiger partial charge on any atom is -0.491 e. The number of aliphatic hydroxyl groups is 1. The van der Waals surface area contributed by atoms with E-state index in [0.29, 0.717) is 17.1 Å². The smallest absolute Gasteiger partial charge is 0.251 e. The molecule has 118 valence electrons. The molecule has 0 saturated heterocycles. The van der Waals surface area contributed by atoms with E-state index in [0.717, 1.165) is 0 Å². The van der Waals surface area contributed by atoms with E-state index in [4.69, 9.17) is 9.15 Å². The van der Waals surface area contributed by atoms with Gasteiger partial charge in [0.05, 0.1) is 18.9 Å². The molecule has 0 bridgehead atoms. The Hall–Kier alpha value is -2.27. The van der Waals surface area contributed by atoms with Crippen LogP contribution in [0.25, 0.3) is 0 Å². The van der Waals surface area contributed by atoms with E-state index in [9.17, 15) is 9.90 Å². The zero-order chi connectivity index (χ0) is 16.2. The van der Waals surface area contributed by atoms with Crippen LogP contribution in [-0.2, 0) is 5.60 Å². The maximum Gasteiger partial charge on any atom is 0.251 e. The molecule has 0 spiro atoms. The molecule has 0 aliphatic heterocycles. The third-order valence-electron chi connectivity index (χ3n) is 3.13. The van der Waals surface area contributed by atoms with Crippen LogP contribution in [0.5, 0.6) is 5.75 Å². The molecule has 2 aromatic rings. The summed E-state index contributed by atoms with van der Waals surface area (Å²) >= 11 is 0. The molecule has 0 aliphatic rings. The first kappa shape index (κ1) is 16.1. The maximum atomic E-state index is 12.1. The molecule has 0 aliphatic carbocycles. The Bertz CT molecular complexity index is 600. The maximum absolute atomic E-state index is 12.1. The molecule has 5 nitrogen and oxygen atoms in total. The second-order valence-electron chi connectivity index (χ2n) is 5.62. The quantitative estimate of drug-likeness (QED) is 0.860. The first-order valence-electron chi connectivity index (χ1n) is 7.20. The Labute approximate surface area is 129 Å². The zero-order valence-corrected chi connectivity index (χ0v) is 13.0. The van der Waals surface area contributed by atoms with Gasteiger partial charge in [0, 0.05) is 5.56 Å². The molecule has 5 heteroatoms. The van der Waals surface area contributed by atoms with Crippen LogP contribution in [0, 0.1) is 0 Å². The molecular weight excluding hydrogens is 282 g/mol. The molecule has 2 rings (SSSR count). The molecule has 1 amide bonds. The summed E-state index contributed by atoms with van der Waals surface area (Å²) in [7, 11) is 0. The van der Waals surface area contributed by atoms with Crippen molar-refractivity contribution in [2.45, 2.75) is 32.5 Å². The highest BCUT2D eigenvalue weighted by atomic mass is 16.5. The van der Waals surface area contributed by atoms with Crippen molar-refractivity contribution in [3.63, 3.8) is 0 Å². The van der Waals surface area contributed by atoms with Crippen LogP contribution in [0.1, 0.15) is 36.9 Å². The van der Waals surface area contributed by atoms with E-state index in [1.807, 2.05) is 13.8 Å². The number of furan rings is 1. The normalized spacial score (nSPS) is 13.7. The molecule has 1 atom stereocenters. The van der Waals surface area contributed by atoms with Crippen molar-refractivity contribution < 1.29 is 19.1 Å². The monoisotopic (exact) mass is 303 g/mol. The van der Waals surface area contributed by atoms with Crippen LogP contribution in [0.15, 0.2) is 47.1 Å². The van der Waals surface area contributed by atoms with Crippen LogP contribution in [0.3, 0.4) is 0 Å². The van der Waals surface area contributed by atoms with Gasteiger partial charge in [-0.25, -0.2) is 0 Å². The Morgan fingerprint density at radius 3 is 2.55 bits per heavy atom. The summed E-state index contributed by atoms with van der Waals surface area (Å²) in [5, 5.41) is 13.0. The largest absolute Gasteiger partial charge is 0.491 e. The first-order valence-corrected chi connectivity index (χ1v) is 7.20. The van der Waals surface area contributed by atoms with Crippen molar-refractivity contribution in [1.29, 1.82) is 0 Å². The number of nitrogens with one attached hydrogen (secondary N) is 1. The van der Waals surface area contributed by atoms with Crippen molar-refractivity contribution in [2.24, 2.45) is 0 Å². The van der Waals surface area contributed by atoms with E-state index in [1.165, 1.54) is 6.26 Å². The minimum atomic E-state index is -1.25. The molecule has 1 aromatic heterocycles. The van der Waals surface area contributed by atoms with Gasteiger partial charge >= 0.3 is 0 Å². The van der Waals surface area contributed by atoms with Gasteiger partial charge in [-0.1, -0.05) is 0 Å². The van der Waals surface area contributed by atoms with Crippen molar-refractivity contribution >= 4 is 5.91 Å². The highest BCUT2D eigenvalue weighted by Crippen LogP contribution is 2.20. The predicted octanol–water partition coefficient (Wildman–Crippen LogP) is 2.70. The highest BCUT2D eigenvalue weighted by molar-refractivity contribution is 5.94. The third kappa shape index (κ3) is 4.11. The van der Waals surface area contributed by atoms with Crippen LogP contribution in [-0.4, -0.2) is 23.7 Å². The molecule has 2 N–H and O–H groups in total. The fourth-order valence-electron chi connectivity index (χ4n) is 1.98. The molecule has 0 radical (unpaired) electrons. The predicted molar refractivity (Wildman–Crippen MR) is 82.8 cm³/mol. The van der Waals surface area contributed by atoms with Crippen LogP contribution >= 0.6 is 0 Å². The number of amides is 1. The number of benzene rings is 1. The lowest BCUT2D eigenvalue weighted by Gasteiger charge is -2.21. The summed E-state index contributed by atoms with van der Waals surface area (Å²) in [5.74, 6) is 0.866. The summed E-state index contributed by atoms with van der Waals surface area (Å²) in [6.45, 7) is 5.53. The molecule has 0 saturated carbocycles. The van der Waals surface area contributed by atoms with E-state index in [1.54, 1.807) is 43.3 Å². The second-order valence-corrected chi connectivity index (χ2v) is 5.62. The van der Waals surface area contributed by atoms with Crippen molar-refractivity contribution in [3.05, 3.63) is 54.0 Å². The average Bonchev–Trinajstić information content (AvgIpc) is 3.00. The van der Waals surface area contributed by atoms with Crippen molar-refractivity contribution in [1.82, 2.24) is 5.32 Å². The Morgan fingerprint density at radius 1 is 1.32 bits per heavy atom. The summed E-state index contributed by atoms with van der Waals surface area (Å²) in [6.07, 6.45) is 1.57. The second kappa shape index (κ2) is 6.66. The van der Waals surface area contributed by atoms with Gasteiger partial charge < -0.3 is 19.6 Å². The van der Waals surface area contributed by atoms with E-state index < -0.39 is 5.60 Å². The lowest BCUT2D eigenvalue weighted by Crippen LogP contribution is -2.38. The summed E-state index contributed by atoms with van der Waals surface area (Å²) in [6, 6.07) is 10.2. The van der Waals surface area contributed by atoms with Crippen LogP contribution in [0.2, 0.25) is 0 Å². The number of carbonyl (C=O) groups is 1. The standard InChI is InChI=1S/C17H21NO4/c1-12(2)22-14-8-6-13(7-9-14)16(19)18-11-17(3,20)15-5-4-10-21-15/h4-10,12,20H,11H2,1-3H3,(H,18,19). The number of hydrogen-bond acceptors (Lipinski definition) is 4. The van der Waals surface area contributed by atoms with Gasteiger partial charge in [-0.15, -0.1) is 0 Å². The number of carbonyl (C=O) groups excluding carboxylic acids is 1. The van der Waals surface area contributed by atoms with Crippen molar-refractivity contribution in [3.8, 4) is 5.75 Å². The number of hydrogen-bond donors (Lipinski definition) is 2. The van der Waals surface area contributed by atoms with Gasteiger partial charge in [-0.05, 0) is 57.2 Å². The highest BCUT2D eigenvalue weighted by Gasteiger charge is 2.26. The lowest BCUT2D eigenvalue weighted by molar-refractivity contribution is 0.0330. The minimum absolute atomic E-state index is 0.0591. The van der Waals surface area contributed by atoms with Crippen LogP contribution < -0.4 is 10.1 Å². The average molecular weight is 303 g/mol. The van der Waals surface area contributed by atoms with E-state index >= 15 is 0 Å². The molecule has 1 aromatic carbocycles. The molecule has 1 unspecified atom stereocenters. The fourth-order valence-corrected chi connectivity index (χ4v) is 1.98. The Balaban J connectivity index is 1.95. The van der Waals surface area contributed by atoms with Gasteiger partial charge in [-0.2, -0.15) is 0 Å². The number of rotatable bonds is 6. The first-order chi connectivity index (χ1) is 10.4. The zero-order valence-electron chi connectivity index (χ0n) is 13.0. The van der Waals surface area contributed by atoms with Crippen LogP contribution in [0.4, 0.5) is 0 Å². The van der Waals surface area contributed by atoms with Gasteiger partial charge in [0.15, 0.2) is 0 Å². The Kier molecular flexibility index (Phi) is 4.88. The van der Waals surface area contributed by atoms with Gasteiger partial charge in [0.25, 0.3) is 5.91 Å². The van der Waals surface area contributed by atoms with Crippen molar-refractivity contribution in [2.75, 3.05) is 6.54 Å². The molecule has 1 heterocycles. The summed E-state index contributed by atoms with van der Waals surface area (Å²) < 4.78 is 10.7.